The number of aliphatic imine (C=N–C) groups is 1. The number of nitrogens with zero attached hydrogens (tertiary/aromatic N) is 1. The molecule has 0 saturated heterocycles. The highest BCUT2D eigenvalue weighted by atomic mass is 19.1. The minimum atomic E-state index is -0.436. The lowest BCUT2D eigenvalue weighted by molar-refractivity contribution is 0.126. The van der Waals surface area contributed by atoms with E-state index >= 15 is 0 Å². The van der Waals surface area contributed by atoms with E-state index in [1.54, 1.807) is 6.07 Å². The Hall–Kier alpha value is -1.71. The van der Waals surface area contributed by atoms with E-state index in [9.17, 15) is 14.3 Å². The molecule has 0 aliphatic heterocycles. The van der Waals surface area contributed by atoms with Gasteiger partial charge in [-0.2, -0.15) is 4.99 Å². The number of anilines is 1. The van der Waals surface area contributed by atoms with Crippen LogP contribution in [-0.4, -0.2) is 23.3 Å². The molecule has 1 aliphatic carbocycles. The SMILES string of the molecule is O=C=Nc1cc(F)ccc1NC1CCC(O)CC1. The molecule has 1 fully saturated rings. The van der Waals surface area contributed by atoms with Gasteiger partial charge >= 0.3 is 0 Å². The topological polar surface area (TPSA) is 61.7 Å². The molecule has 0 bridgehead atoms. The van der Waals surface area contributed by atoms with Crippen LogP contribution < -0.4 is 5.32 Å². The summed E-state index contributed by atoms with van der Waals surface area (Å²) in [4.78, 5) is 13.8. The summed E-state index contributed by atoms with van der Waals surface area (Å²) in [6.07, 6.45) is 4.42. The number of aliphatic hydroxyl groups excluding tert-OH is 1. The van der Waals surface area contributed by atoms with Gasteiger partial charge < -0.3 is 10.4 Å². The Morgan fingerprint density at radius 3 is 2.72 bits per heavy atom. The third-order valence-electron chi connectivity index (χ3n) is 3.18. The molecule has 2 N–H and O–H groups in total. The van der Waals surface area contributed by atoms with Crippen LogP contribution in [0.25, 0.3) is 0 Å². The summed E-state index contributed by atoms with van der Waals surface area (Å²) in [5, 5.41) is 12.7. The molecule has 0 aromatic heterocycles. The molecular formula is C13H15FN2O2. The van der Waals surface area contributed by atoms with Crippen molar-refractivity contribution in [1.82, 2.24) is 0 Å². The van der Waals surface area contributed by atoms with Gasteiger partial charge in [0.1, 0.15) is 11.5 Å². The fourth-order valence-corrected chi connectivity index (χ4v) is 2.21. The summed E-state index contributed by atoms with van der Waals surface area (Å²) in [5.74, 6) is -0.436. The second kappa shape index (κ2) is 5.76. The van der Waals surface area contributed by atoms with Crippen molar-refractivity contribution in [3.05, 3.63) is 24.0 Å². The van der Waals surface area contributed by atoms with E-state index in [1.807, 2.05) is 0 Å². The van der Waals surface area contributed by atoms with Crippen LogP contribution in [0.2, 0.25) is 0 Å². The molecule has 0 radical (unpaired) electrons. The van der Waals surface area contributed by atoms with Crippen LogP contribution in [0.3, 0.4) is 0 Å². The Kier molecular flexibility index (Phi) is 4.07. The highest BCUT2D eigenvalue weighted by Crippen LogP contribution is 2.29. The zero-order valence-electron chi connectivity index (χ0n) is 9.90. The third kappa shape index (κ3) is 3.15. The fraction of sp³-hybridized carbons (Fsp3) is 0.462. The van der Waals surface area contributed by atoms with Crippen molar-refractivity contribution in [3.63, 3.8) is 0 Å². The third-order valence-corrected chi connectivity index (χ3v) is 3.18. The Bertz CT molecular complexity index is 464. The summed E-state index contributed by atoms with van der Waals surface area (Å²) in [5.41, 5.74) is 0.886. The van der Waals surface area contributed by atoms with Gasteiger partial charge in [0, 0.05) is 12.1 Å². The molecule has 4 nitrogen and oxygen atoms in total. The normalized spacial score (nSPS) is 23.2. The first kappa shape index (κ1) is 12.7. The highest BCUT2D eigenvalue weighted by molar-refractivity contribution is 5.68. The molecule has 0 amide bonds. The standard InChI is InChI=1S/C13H15FN2O2/c14-9-1-6-12(13(7-9)15-8-17)16-10-2-4-11(18)5-3-10/h1,6-7,10-11,16,18H,2-5H2. The second-order valence-corrected chi connectivity index (χ2v) is 4.51. The van der Waals surface area contributed by atoms with E-state index in [4.69, 9.17) is 0 Å². The first-order valence-corrected chi connectivity index (χ1v) is 6.01. The minimum Gasteiger partial charge on any atom is -0.393 e. The predicted molar refractivity (Wildman–Crippen MR) is 66.1 cm³/mol. The summed E-state index contributed by atoms with van der Waals surface area (Å²) >= 11 is 0. The number of benzene rings is 1. The summed E-state index contributed by atoms with van der Waals surface area (Å²) in [6, 6.07) is 4.31. The van der Waals surface area contributed by atoms with Crippen molar-refractivity contribution in [1.29, 1.82) is 0 Å². The molecule has 1 aromatic carbocycles. The molecule has 0 spiro atoms. The van der Waals surface area contributed by atoms with Crippen LogP contribution in [0.4, 0.5) is 15.8 Å². The molecule has 1 aliphatic rings. The molecule has 0 unspecified atom stereocenters. The maximum atomic E-state index is 13.0. The van der Waals surface area contributed by atoms with Crippen molar-refractivity contribution in [2.24, 2.45) is 4.99 Å². The number of carbonyl (C=O) groups excluding carboxylic acids is 1. The van der Waals surface area contributed by atoms with Crippen molar-refractivity contribution in [3.8, 4) is 0 Å². The summed E-state index contributed by atoms with van der Waals surface area (Å²) in [7, 11) is 0. The molecule has 1 aromatic rings. The zero-order valence-corrected chi connectivity index (χ0v) is 9.90. The Balaban J connectivity index is 2.11. The van der Waals surface area contributed by atoms with E-state index in [0.717, 1.165) is 25.7 Å². The van der Waals surface area contributed by atoms with E-state index < -0.39 is 5.82 Å². The molecule has 0 atom stereocenters. The van der Waals surface area contributed by atoms with Crippen LogP contribution in [0, 0.1) is 5.82 Å². The van der Waals surface area contributed by atoms with Gasteiger partial charge in [-0.3, -0.25) is 0 Å². The number of rotatable bonds is 3. The van der Waals surface area contributed by atoms with Crippen molar-refractivity contribution >= 4 is 17.5 Å². The zero-order chi connectivity index (χ0) is 13.0. The van der Waals surface area contributed by atoms with Crippen molar-refractivity contribution in [2.45, 2.75) is 37.8 Å². The molecular weight excluding hydrogens is 235 g/mol. The van der Waals surface area contributed by atoms with Crippen LogP contribution in [0.5, 0.6) is 0 Å². The molecule has 5 heteroatoms. The van der Waals surface area contributed by atoms with Crippen molar-refractivity contribution in [2.75, 3.05) is 5.32 Å². The average molecular weight is 250 g/mol. The Morgan fingerprint density at radius 2 is 2.06 bits per heavy atom. The molecule has 2 rings (SSSR count). The summed E-state index contributed by atoms with van der Waals surface area (Å²) < 4.78 is 13.0. The molecule has 18 heavy (non-hydrogen) atoms. The number of nitrogens with one attached hydrogen (secondary N) is 1. The highest BCUT2D eigenvalue weighted by Gasteiger charge is 2.19. The quantitative estimate of drug-likeness (QED) is 0.640. The van der Waals surface area contributed by atoms with Gasteiger partial charge in [-0.05, 0) is 37.8 Å². The van der Waals surface area contributed by atoms with Gasteiger partial charge in [-0.15, -0.1) is 0 Å². The molecule has 96 valence electrons. The van der Waals surface area contributed by atoms with Gasteiger partial charge in [0.25, 0.3) is 0 Å². The average Bonchev–Trinajstić information content (AvgIpc) is 2.36. The maximum absolute atomic E-state index is 13.0. The van der Waals surface area contributed by atoms with Crippen LogP contribution >= 0.6 is 0 Å². The number of aliphatic hydroxyl groups is 1. The molecule has 1 saturated carbocycles. The second-order valence-electron chi connectivity index (χ2n) is 4.51. The number of halogens is 1. The number of hydrogen-bond donors (Lipinski definition) is 2. The van der Waals surface area contributed by atoms with E-state index in [0.29, 0.717) is 5.69 Å². The van der Waals surface area contributed by atoms with Crippen LogP contribution in [0.1, 0.15) is 25.7 Å². The lowest BCUT2D eigenvalue weighted by atomic mass is 9.93. The maximum Gasteiger partial charge on any atom is 0.240 e. The van der Waals surface area contributed by atoms with E-state index in [1.165, 1.54) is 18.2 Å². The van der Waals surface area contributed by atoms with Crippen LogP contribution in [0.15, 0.2) is 23.2 Å². The number of hydrogen-bond acceptors (Lipinski definition) is 4. The van der Waals surface area contributed by atoms with Gasteiger partial charge in [-0.1, -0.05) is 0 Å². The lowest BCUT2D eigenvalue weighted by Gasteiger charge is -2.27. The van der Waals surface area contributed by atoms with Gasteiger partial charge in [0.2, 0.25) is 6.08 Å². The van der Waals surface area contributed by atoms with Crippen LogP contribution in [-0.2, 0) is 4.79 Å². The van der Waals surface area contributed by atoms with Gasteiger partial charge in [0.05, 0.1) is 11.8 Å². The van der Waals surface area contributed by atoms with Gasteiger partial charge in [-0.25, -0.2) is 9.18 Å². The fourth-order valence-electron chi connectivity index (χ4n) is 2.21. The number of isocyanates is 1. The largest absolute Gasteiger partial charge is 0.393 e. The monoisotopic (exact) mass is 250 g/mol. The van der Waals surface area contributed by atoms with Crippen molar-refractivity contribution < 1.29 is 14.3 Å². The first-order valence-electron chi connectivity index (χ1n) is 6.01. The lowest BCUT2D eigenvalue weighted by Crippen LogP contribution is -2.28. The smallest absolute Gasteiger partial charge is 0.240 e. The Labute approximate surface area is 105 Å². The first-order chi connectivity index (χ1) is 8.69. The Morgan fingerprint density at radius 1 is 1.33 bits per heavy atom. The summed E-state index contributed by atoms with van der Waals surface area (Å²) in [6.45, 7) is 0. The van der Waals surface area contributed by atoms with E-state index in [-0.39, 0.29) is 17.8 Å². The van der Waals surface area contributed by atoms with E-state index in [2.05, 4.69) is 10.3 Å². The van der Waals surface area contributed by atoms with Gasteiger partial charge in [0.15, 0.2) is 0 Å². The predicted octanol–water partition coefficient (Wildman–Crippen LogP) is 2.51. The minimum absolute atomic E-state index is 0.219. The molecule has 0 heterocycles.